The Bertz CT molecular complexity index is 1010. The average Bonchev–Trinajstić information content (AvgIpc) is 3.01. The summed E-state index contributed by atoms with van der Waals surface area (Å²) in [5.74, 6) is -0.172. The number of fused-ring (bicyclic) bond motifs is 1. The van der Waals surface area contributed by atoms with Crippen LogP contribution in [-0.2, 0) is 11.3 Å². The second-order valence-electron chi connectivity index (χ2n) is 6.95. The van der Waals surface area contributed by atoms with Crippen LogP contribution in [0.5, 0.6) is 0 Å². The van der Waals surface area contributed by atoms with Crippen LogP contribution in [0.2, 0.25) is 0 Å². The standard InChI is InChI=1S/C22H21N3O2/c1-15-6-4-11-20(23-15)22(27)24-18-12-21(26)25(14-18)13-17-9-5-8-16-7-2-3-10-19(16)17/h2-11,18H,12-14H2,1H3,(H,24,27). The van der Waals surface area contributed by atoms with Crippen LogP contribution in [0.4, 0.5) is 0 Å². The van der Waals surface area contributed by atoms with Gasteiger partial charge in [0.25, 0.3) is 5.91 Å². The van der Waals surface area contributed by atoms with Gasteiger partial charge in [0, 0.05) is 25.2 Å². The highest BCUT2D eigenvalue weighted by Crippen LogP contribution is 2.22. The lowest BCUT2D eigenvalue weighted by molar-refractivity contribution is -0.128. The molecule has 2 amide bonds. The van der Waals surface area contributed by atoms with Crippen LogP contribution in [0, 0.1) is 6.92 Å². The molecule has 1 fully saturated rings. The number of benzene rings is 2. The summed E-state index contributed by atoms with van der Waals surface area (Å²) in [5, 5.41) is 5.26. The minimum atomic E-state index is -0.233. The predicted octanol–water partition coefficient (Wildman–Crippen LogP) is 3.07. The summed E-state index contributed by atoms with van der Waals surface area (Å²) in [6.45, 7) is 2.91. The van der Waals surface area contributed by atoms with Crippen molar-refractivity contribution in [2.45, 2.75) is 25.9 Å². The first-order valence-corrected chi connectivity index (χ1v) is 9.09. The molecule has 0 radical (unpaired) electrons. The zero-order valence-electron chi connectivity index (χ0n) is 15.2. The predicted molar refractivity (Wildman–Crippen MR) is 104 cm³/mol. The van der Waals surface area contributed by atoms with Crippen molar-refractivity contribution in [3.05, 3.63) is 77.6 Å². The van der Waals surface area contributed by atoms with Crippen LogP contribution in [-0.4, -0.2) is 34.3 Å². The van der Waals surface area contributed by atoms with Crippen LogP contribution in [0.15, 0.2) is 60.7 Å². The monoisotopic (exact) mass is 359 g/mol. The van der Waals surface area contributed by atoms with Crippen LogP contribution in [0.3, 0.4) is 0 Å². The van der Waals surface area contributed by atoms with Crippen molar-refractivity contribution in [3.8, 4) is 0 Å². The molecule has 2 heterocycles. The molecule has 1 aliphatic rings. The van der Waals surface area contributed by atoms with Gasteiger partial charge in [0.2, 0.25) is 5.91 Å². The van der Waals surface area contributed by atoms with Gasteiger partial charge < -0.3 is 10.2 Å². The molecule has 0 saturated carbocycles. The molecular formula is C22H21N3O2. The van der Waals surface area contributed by atoms with Crippen molar-refractivity contribution >= 4 is 22.6 Å². The molecule has 1 saturated heterocycles. The number of hydrogen-bond donors (Lipinski definition) is 1. The fourth-order valence-corrected chi connectivity index (χ4v) is 3.59. The Morgan fingerprint density at radius 3 is 2.74 bits per heavy atom. The minimum absolute atomic E-state index is 0.0606. The Kier molecular flexibility index (Phi) is 4.59. The molecule has 1 N–H and O–H groups in total. The van der Waals surface area contributed by atoms with Crippen LogP contribution in [0.1, 0.15) is 28.2 Å². The zero-order valence-corrected chi connectivity index (χ0v) is 15.2. The first-order valence-electron chi connectivity index (χ1n) is 9.09. The average molecular weight is 359 g/mol. The second kappa shape index (κ2) is 7.19. The molecule has 136 valence electrons. The Labute approximate surface area is 158 Å². The number of rotatable bonds is 4. The van der Waals surface area contributed by atoms with E-state index in [0.717, 1.165) is 22.0 Å². The van der Waals surface area contributed by atoms with E-state index in [1.54, 1.807) is 6.07 Å². The lowest BCUT2D eigenvalue weighted by Gasteiger charge is -2.18. The van der Waals surface area contributed by atoms with Crippen molar-refractivity contribution in [1.82, 2.24) is 15.2 Å². The molecule has 0 aliphatic carbocycles. The van der Waals surface area contributed by atoms with Crippen molar-refractivity contribution < 1.29 is 9.59 Å². The van der Waals surface area contributed by atoms with E-state index < -0.39 is 0 Å². The van der Waals surface area contributed by atoms with E-state index >= 15 is 0 Å². The summed E-state index contributed by atoms with van der Waals surface area (Å²) < 4.78 is 0. The number of nitrogens with zero attached hydrogens (tertiary/aromatic N) is 2. The van der Waals surface area contributed by atoms with Gasteiger partial charge in [0.15, 0.2) is 0 Å². The topological polar surface area (TPSA) is 62.3 Å². The molecule has 27 heavy (non-hydrogen) atoms. The van der Waals surface area contributed by atoms with E-state index in [1.165, 1.54) is 0 Å². The molecule has 3 aromatic rings. The SMILES string of the molecule is Cc1cccc(C(=O)NC2CC(=O)N(Cc3cccc4ccccc34)C2)n1. The van der Waals surface area contributed by atoms with E-state index in [4.69, 9.17) is 0 Å². The lowest BCUT2D eigenvalue weighted by atomic mass is 10.0. The van der Waals surface area contributed by atoms with Crippen molar-refractivity contribution in [1.29, 1.82) is 0 Å². The van der Waals surface area contributed by atoms with Gasteiger partial charge in [-0.3, -0.25) is 9.59 Å². The van der Waals surface area contributed by atoms with Crippen LogP contribution in [0.25, 0.3) is 10.8 Å². The van der Waals surface area contributed by atoms with Crippen LogP contribution < -0.4 is 5.32 Å². The Morgan fingerprint density at radius 1 is 1.11 bits per heavy atom. The van der Waals surface area contributed by atoms with E-state index in [9.17, 15) is 9.59 Å². The number of aromatic nitrogens is 1. The smallest absolute Gasteiger partial charge is 0.270 e. The number of aryl methyl sites for hydroxylation is 1. The third kappa shape index (κ3) is 3.67. The van der Waals surface area contributed by atoms with Gasteiger partial charge >= 0.3 is 0 Å². The molecule has 1 atom stereocenters. The maximum Gasteiger partial charge on any atom is 0.270 e. The molecule has 1 aliphatic heterocycles. The van der Waals surface area contributed by atoms with Crippen LogP contribution >= 0.6 is 0 Å². The fraction of sp³-hybridized carbons (Fsp3) is 0.227. The van der Waals surface area contributed by atoms with Gasteiger partial charge in [-0.05, 0) is 35.4 Å². The third-order valence-electron chi connectivity index (χ3n) is 4.91. The first-order chi connectivity index (χ1) is 13.1. The quantitative estimate of drug-likeness (QED) is 0.779. The summed E-state index contributed by atoms with van der Waals surface area (Å²) in [5.41, 5.74) is 2.30. The highest BCUT2D eigenvalue weighted by Gasteiger charge is 2.31. The Balaban J connectivity index is 1.45. The molecule has 5 nitrogen and oxygen atoms in total. The molecule has 1 aromatic heterocycles. The van der Waals surface area contributed by atoms with Gasteiger partial charge in [0.1, 0.15) is 5.69 Å². The van der Waals surface area contributed by atoms with Crippen molar-refractivity contribution in [2.24, 2.45) is 0 Å². The van der Waals surface area contributed by atoms with Gasteiger partial charge in [0.05, 0.1) is 6.04 Å². The molecule has 0 bridgehead atoms. The van der Waals surface area contributed by atoms with E-state index in [0.29, 0.717) is 25.2 Å². The summed E-state index contributed by atoms with van der Waals surface area (Å²) in [6, 6.07) is 19.5. The Hall–Kier alpha value is -3.21. The molecule has 1 unspecified atom stereocenters. The number of hydrogen-bond acceptors (Lipinski definition) is 3. The zero-order chi connectivity index (χ0) is 18.8. The molecule has 5 heteroatoms. The van der Waals surface area contributed by atoms with Gasteiger partial charge in [-0.1, -0.05) is 48.5 Å². The molecule has 2 aromatic carbocycles. The number of carbonyl (C=O) groups excluding carboxylic acids is 2. The maximum absolute atomic E-state index is 12.5. The number of likely N-dealkylation sites (tertiary alicyclic amines) is 1. The number of nitrogens with one attached hydrogen (secondary N) is 1. The van der Waals surface area contributed by atoms with Gasteiger partial charge in [-0.25, -0.2) is 4.98 Å². The third-order valence-corrected chi connectivity index (χ3v) is 4.91. The fourth-order valence-electron chi connectivity index (χ4n) is 3.59. The molecular weight excluding hydrogens is 338 g/mol. The first kappa shape index (κ1) is 17.2. The minimum Gasteiger partial charge on any atom is -0.346 e. The number of carbonyl (C=O) groups is 2. The number of amides is 2. The highest BCUT2D eigenvalue weighted by atomic mass is 16.2. The summed E-state index contributed by atoms with van der Waals surface area (Å²) >= 11 is 0. The Morgan fingerprint density at radius 2 is 1.89 bits per heavy atom. The second-order valence-corrected chi connectivity index (χ2v) is 6.95. The number of pyridine rings is 1. The van der Waals surface area contributed by atoms with E-state index in [2.05, 4.69) is 34.6 Å². The summed E-state index contributed by atoms with van der Waals surface area (Å²) in [6.07, 6.45) is 0.322. The van der Waals surface area contributed by atoms with E-state index in [1.807, 2.05) is 42.2 Å². The summed E-state index contributed by atoms with van der Waals surface area (Å²) in [7, 11) is 0. The van der Waals surface area contributed by atoms with Crippen molar-refractivity contribution in [3.63, 3.8) is 0 Å². The maximum atomic E-state index is 12.5. The van der Waals surface area contributed by atoms with Gasteiger partial charge in [-0.2, -0.15) is 0 Å². The van der Waals surface area contributed by atoms with E-state index in [-0.39, 0.29) is 17.9 Å². The molecule has 4 rings (SSSR count). The van der Waals surface area contributed by atoms with Crippen molar-refractivity contribution in [2.75, 3.05) is 6.54 Å². The molecule has 0 spiro atoms. The summed E-state index contributed by atoms with van der Waals surface area (Å²) in [4.78, 5) is 30.9. The largest absolute Gasteiger partial charge is 0.346 e. The lowest BCUT2D eigenvalue weighted by Crippen LogP contribution is -2.37. The normalized spacial score (nSPS) is 16.7. The highest BCUT2D eigenvalue weighted by molar-refractivity contribution is 5.93. The van der Waals surface area contributed by atoms with Gasteiger partial charge in [-0.15, -0.1) is 0 Å².